The minimum Gasteiger partial charge on any atom is -0.494 e. The normalized spacial score (nSPS) is 11.1. The molecule has 0 aliphatic rings. The topological polar surface area (TPSA) is 100 Å². The van der Waals surface area contributed by atoms with Crippen LogP contribution < -0.4 is 20.3 Å². The highest BCUT2D eigenvalue weighted by atomic mass is 35.5. The van der Waals surface area contributed by atoms with Crippen molar-refractivity contribution in [3.8, 4) is 17.0 Å². The van der Waals surface area contributed by atoms with Crippen molar-refractivity contribution in [1.82, 2.24) is 24.4 Å². The summed E-state index contributed by atoms with van der Waals surface area (Å²) in [6.45, 7) is 8.24. The van der Waals surface area contributed by atoms with Gasteiger partial charge in [0.05, 0.1) is 41.1 Å². The predicted octanol–water partition coefficient (Wildman–Crippen LogP) is 4.95. The number of ether oxygens (including phenoxy) is 1. The van der Waals surface area contributed by atoms with E-state index < -0.39 is 0 Å². The maximum absolute atomic E-state index is 12.3. The molecule has 0 aliphatic carbocycles. The van der Waals surface area contributed by atoms with E-state index in [1.165, 1.54) is 6.08 Å². The summed E-state index contributed by atoms with van der Waals surface area (Å²) in [6, 6.07) is 7.65. The van der Waals surface area contributed by atoms with Gasteiger partial charge in [-0.15, -0.1) is 0 Å². The third-order valence-corrected chi connectivity index (χ3v) is 6.78. The summed E-state index contributed by atoms with van der Waals surface area (Å²) in [5, 5.41) is 7.51. The van der Waals surface area contributed by atoms with Gasteiger partial charge in [-0.25, -0.2) is 15.0 Å². The van der Waals surface area contributed by atoms with E-state index in [0.717, 1.165) is 41.9 Å². The minimum atomic E-state index is -0.319. The molecule has 0 fully saturated rings. The molecule has 1 aromatic carbocycles. The van der Waals surface area contributed by atoms with E-state index in [2.05, 4.69) is 55.9 Å². The number of methoxy groups -OCH3 is 1. The van der Waals surface area contributed by atoms with Crippen LogP contribution in [0, 0.1) is 0 Å². The number of rotatable bonds is 11. The quantitative estimate of drug-likeness (QED) is 0.254. The fourth-order valence-electron chi connectivity index (χ4n) is 4.07. The lowest BCUT2D eigenvalue weighted by Crippen LogP contribution is -2.31. The molecule has 1 amide bonds. The Morgan fingerprint density at radius 2 is 1.97 bits per heavy atom. The lowest BCUT2D eigenvalue weighted by molar-refractivity contribution is -0.111. The molecule has 0 spiro atoms. The smallest absolute Gasteiger partial charge is 0.247 e. The predicted molar refractivity (Wildman–Crippen MR) is 158 cm³/mol. The van der Waals surface area contributed by atoms with Crippen LogP contribution in [0.5, 0.6) is 5.75 Å². The SMILES string of the molecule is C=CC(=O)Nc1cc(Nc2ncc(Cl)c(-c3cnc4c(ccn4C)c3)n2)c(OC)cc1N(C)CCN(C)CC. The first-order valence-corrected chi connectivity index (χ1v) is 12.9. The molecular weight excluding hydrogens is 516 g/mol. The monoisotopic (exact) mass is 548 g/mol. The van der Waals surface area contributed by atoms with E-state index in [1.807, 2.05) is 43.1 Å². The summed E-state index contributed by atoms with van der Waals surface area (Å²) in [5.74, 6) is 0.553. The van der Waals surface area contributed by atoms with Gasteiger partial charge in [-0.2, -0.15) is 0 Å². The van der Waals surface area contributed by atoms with Crippen molar-refractivity contribution in [3.05, 3.63) is 60.5 Å². The van der Waals surface area contributed by atoms with Crippen LogP contribution in [0.15, 0.2) is 55.5 Å². The van der Waals surface area contributed by atoms with Gasteiger partial charge >= 0.3 is 0 Å². The van der Waals surface area contributed by atoms with Crippen molar-refractivity contribution in [1.29, 1.82) is 0 Å². The molecule has 11 heteroatoms. The number of carbonyl (C=O) groups excluding carboxylic acids is 1. The van der Waals surface area contributed by atoms with Crippen molar-refractivity contribution in [2.75, 3.05) is 56.4 Å². The Kier molecular flexibility index (Phi) is 8.68. The van der Waals surface area contributed by atoms with Gasteiger partial charge in [-0.3, -0.25) is 4.79 Å². The van der Waals surface area contributed by atoms with Crippen LogP contribution in [0.3, 0.4) is 0 Å². The van der Waals surface area contributed by atoms with Crippen LogP contribution >= 0.6 is 11.6 Å². The number of anilines is 4. The average Bonchev–Trinajstić information content (AvgIpc) is 3.32. The standard InChI is InChI=1S/C28H33ClN8O2/c1-7-25(38)32-21-14-22(24(39-6)15-23(21)36(4)12-11-35(3)8-2)33-28-31-17-20(29)26(34-28)19-13-18-9-10-37(5)27(18)30-16-19/h7,9-10,13-17H,1,8,11-12H2,2-6H3,(H,32,38)(H,31,33,34). The number of nitrogens with one attached hydrogen (secondary N) is 2. The Balaban J connectivity index is 1.69. The second-order valence-corrected chi connectivity index (χ2v) is 9.57. The number of likely N-dealkylation sites (N-methyl/N-ethyl adjacent to an activating group) is 2. The number of carbonyl (C=O) groups is 1. The van der Waals surface area contributed by atoms with Crippen molar-refractivity contribution >= 4 is 51.6 Å². The minimum absolute atomic E-state index is 0.313. The number of nitrogens with zero attached hydrogens (tertiary/aromatic N) is 6. The molecule has 0 bridgehead atoms. The van der Waals surface area contributed by atoms with Crippen molar-refractivity contribution < 1.29 is 9.53 Å². The molecule has 0 saturated carbocycles. The maximum atomic E-state index is 12.3. The molecule has 0 aliphatic heterocycles. The molecule has 4 aromatic rings. The molecule has 0 radical (unpaired) electrons. The van der Waals surface area contributed by atoms with Gasteiger partial charge in [0.25, 0.3) is 0 Å². The number of aryl methyl sites for hydroxylation is 1. The molecule has 3 aromatic heterocycles. The van der Waals surface area contributed by atoms with Gasteiger partial charge < -0.3 is 29.7 Å². The first kappa shape index (κ1) is 27.9. The van der Waals surface area contributed by atoms with E-state index in [1.54, 1.807) is 25.6 Å². The molecule has 4 rings (SSSR count). The molecule has 2 N–H and O–H groups in total. The highest BCUT2D eigenvalue weighted by Crippen LogP contribution is 2.38. The summed E-state index contributed by atoms with van der Waals surface area (Å²) < 4.78 is 7.65. The summed E-state index contributed by atoms with van der Waals surface area (Å²) in [6.07, 6.45) is 6.47. The van der Waals surface area contributed by atoms with Gasteiger partial charge in [-0.1, -0.05) is 25.1 Å². The fraction of sp³-hybridized carbons (Fsp3) is 0.286. The summed E-state index contributed by atoms with van der Waals surface area (Å²) in [4.78, 5) is 30.2. The van der Waals surface area contributed by atoms with E-state index in [-0.39, 0.29) is 5.91 Å². The fourth-order valence-corrected chi connectivity index (χ4v) is 4.27. The summed E-state index contributed by atoms with van der Waals surface area (Å²) in [7, 11) is 7.57. The Hall–Kier alpha value is -4.15. The van der Waals surface area contributed by atoms with Gasteiger partial charge in [0.15, 0.2) is 0 Å². The van der Waals surface area contributed by atoms with E-state index >= 15 is 0 Å². The molecule has 39 heavy (non-hydrogen) atoms. The third-order valence-electron chi connectivity index (χ3n) is 6.50. The van der Waals surface area contributed by atoms with Crippen molar-refractivity contribution in [2.24, 2.45) is 7.05 Å². The molecule has 204 valence electrons. The van der Waals surface area contributed by atoms with Crippen LogP contribution in [-0.4, -0.2) is 71.2 Å². The lowest BCUT2D eigenvalue weighted by Gasteiger charge is -2.26. The second-order valence-electron chi connectivity index (χ2n) is 9.16. The van der Waals surface area contributed by atoms with Crippen LogP contribution in [0.1, 0.15) is 6.92 Å². The maximum Gasteiger partial charge on any atom is 0.247 e. The first-order valence-electron chi connectivity index (χ1n) is 12.5. The van der Waals surface area contributed by atoms with E-state index in [9.17, 15) is 4.79 Å². The zero-order chi connectivity index (χ0) is 28.1. The molecular formula is C28H33ClN8O2. The second kappa shape index (κ2) is 12.1. The summed E-state index contributed by atoms with van der Waals surface area (Å²) >= 11 is 6.49. The Morgan fingerprint density at radius 1 is 1.18 bits per heavy atom. The highest BCUT2D eigenvalue weighted by molar-refractivity contribution is 6.33. The Bertz CT molecular complexity index is 1500. The summed E-state index contributed by atoms with van der Waals surface area (Å²) in [5.41, 5.74) is 4.15. The Morgan fingerprint density at radius 3 is 2.69 bits per heavy atom. The number of amides is 1. The van der Waals surface area contributed by atoms with E-state index in [4.69, 9.17) is 16.3 Å². The van der Waals surface area contributed by atoms with Crippen LogP contribution in [0.4, 0.5) is 23.0 Å². The molecule has 10 nitrogen and oxygen atoms in total. The van der Waals surface area contributed by atoms with Crippen molar-refractivity contribution in [3.63, 3.8) is 0 Å². The van der Waals surface area contributed by atoms with Crippen molar-refractivity contribution in [2.45, 2.75) is 6.92 Å². The molecule has 0 unspecified atom stereocenters. The molecule has 3 heterocycles. The number of aromatic nitrogens is 4. The Labute approximate surface area is 233 Å². The zero-order valence-corrected chi connectivity index (χ0v) is 23.6. The van der Waals surface area contributed by atoms with Crippen LogP contribution in [0.2, 0.25) is 5.02 Å². The van der Waals surface area contributed by atoms with Gasteiger partial charge in [0.2, 0.25) is 11.9 Å². The van der Waals surface area contributed by atoms with Crippen LogP contribution in [-0.2, 0) is 11.8 Å². The van der Waals surface area contributed by atoms with Crippen LogP contribution in [0.25, 0.3) is 22.3 Å². The number of benzene rings is 1. The number of halogens is 1. The molecule has 0 saturated heterocycles. The number of hydrogen-bond donors (Lipinski definition) is 2. The van der Waals surface area contributed by atoms with Gasteiger partial charge in [-0.05, 0) is 37.9 Å². The third kappa shape index (κ3) is 6.30. The molecule has 0 atom stereocenters. The number of fused-ring (bicyclic) bond motifs is 1. The largest absolute Gasteiger partial charge is 0.494 e. The first-order chi connectivity index (χ1) is 18.7. The average molecular weight is 549 g/mol. The van der Waals surface area contributed by atoms with Gasteiger partial charge in [0, 0.05) is 56.6 Å². The highest BCUT2D eigenvalue weighted by Gasteiger charge is 2.18. The number of hydrogen-bond acceptors (Lipinski definition) is 8. The number of pyridine rings is 1. The van der Waals surface area contributed by atoms with E-state index in [0.29, 0.717) is 33.8 Å². The zero-order valence-electron chi connectivity index (χ0n) is 22.8. The van der Waals surface area contributed by atoms with Gasteiger partial charge in [0.1, 0.15) is 11.4 Å². The lowest BCUT2D eigenvalue weighted by atomic mass is 10.1.